The molecule has 32 heavy (non-hydrogen) atoms. The molecule has 3 rings (SSSR count). The van der Waals surface area contributed by atoms with Gasteiger partial charge in [0.05, 0.1) is 21.8 Å². The molecule has 0 saturated carbocycles. The Morgan fingerprint density at radius 2 is 1.62 bits per heavy atom. The summed E-state index contributed by atoms with van der Waals surface area (Å²) >= 11 is 11.9. The van der Waals surface area contributed by atoms with E-state index in [-0.39, 0.29) is 10.6 Å². The second-order valence-electron chi connectivity index (χ2n) is 6.78. The van der Waals surface area contributed by atoms with Gasteiger partial charge in [-0.2, -0.15) is 13.2 Å². The van der Waals surface area contributed by atoms with Crippen LogP contribution < -0.4 is 5.32 Å². The molecule has 0 unspecified atom stereocenters. The molecular formula is C23H16Cl2F3NO3. The van der Waals surface area contributed by atoms with Crippen molar-refractivity contribution in [1.82, 2.24) is 0 Å². The molecule has 1 N–H and O–H groups in total. The first-order valence-corrected chi connectivity index (χ1v) is 10.1. The molecule has 0 aromatic heterocycles. The highest BCUT2D eigenvalue weighted by Gasteiger charge is 2.30. The van der Waals surface area contributed by atoms with Gasteiger partial charge >= 0.3 is 12.1 Å². The van der Waals surface area contributed by atoms with E-state index >= 15 is 0 Å². The van der Waals surface area contributed by atoms with Gasteiger partial charge in [-0.1, -0.05) is 53.5 Å². The van der Waals surface area contributed by atoms with Gasteiger partial charge in [0.1, 0.15) is 0 Å². The molecule has 3 aromatic rings. The predicted octanol–water partition coefficient (Wildman–Crippen LogP) is 6.86. The number of benzene rings is 3. The zero-order chi connectivity index (χ0) is 23.5. The van der Waals surface area contributed by atoms with E-state index < -0.39 is 29.7 Å². The number of alkyl halides is 3. The van der Waals surface area contributed by atoms with Crippen molar-refractivity contribution in [3.63, 3.8) is 0 Å². The number of rotatable bonds is 5. The minimum absolute atomic E-state index is 0.108. The van der Waals surface area contributed by atoms with Gasteiger partial charge < -0.3 is 10.1 Å². The first kappa shape index (κ1) is 23.6. The van der Waals surface area contributed by atoms with Crippen molar-refractivity contribution < 1.29 is 27.5 Å². The first-order valence-electron chi connectivity index (χ1n) is 9.30. The Morgan fingerprint density at radius 1 is 0.969 bits per heavy atom. The normalized spacial score (nSPS) is 12.2. The number of amides is 1. The lowest BCUT2D eigenvalue weighted by molar-refractivity contribution is -0.137. The Balaban J connectivity index is 1.76. The lowest BCUT2D eigenvalue weighted by Gasteiger charge is -2.16. The largest absolute Gasteiger partial charge is 0.449 e. The summed E-state index contributed by atoms with van der Waals surface area (Å²) in [6, 6.07) is 15.2. The van der Waals surface area contributed by atoms with Crippen molar-refractivity contribution in [3.05, 3.63) is 87.9 Å². The van der Waals surface area contributed by atoms with Crippen LogP contribution in [0.3, 0.4) is 0 Å². The number of hydrogen-bond donors (Lipinski definition) is 1. The average molecular weight is 482 g/mol. The number of ether oxygens (including phenoxy) is 1. The van der Waals surface area contributed by atoms with Crippen LogP contribution in [0.1, 0.15) is 22.8 Å². The molecule has 0 aliphatic carbocycles. The topological polar surface area (TPSA) is 55.4 Å². The molecule has 0 bridgehead atoms. The van der Waals surface area contributed by atoms with Crippen molar-refractivity contribution in [2.24, 2.45) is 0 Å². The van der Waals surface area contributed by atoms with E-state index in [4.69, 9.17) is 27.9 Å². The Bertz CT molecular complexity index is 1150. The van der Waals surface area contributed by atoms with Gasteiger partial charge in [0, 0.05) is 5.02 Å². The maximum absolute atomic E-state index is 12.8. The monoisotopic (exact) mass is 481 g/mol. The van der Waals surface area contributed by atoms with Crippen LogP contribution in [0.4, 0.5) is 18.9 Å². The van der Waals surface area contributed by atoms with Crippen LogP contribution in [0.5, 0.6) is 0 Å². The highest BCUT2D eigenvalue weighted by Crippen LogP contribution is 2.32. The number of halogens is 5. The molecule has 0 aliphatic rings. The molecule has 0 aliphatic heterocycles. The van der Waals surface area contributed by atoms with Crippen LogP contribution in [-0.4, -0.2) is 18.0 Å². The molecule has 4 nitrogen and oxygen atoms in total. The van der Waals surface area contributed by atoms with Crippen LogP contribution in [0, 0.1) is 0 Å². The van der Waals surface area contributed by atoms with Crippen LogP contribution in [0.2, 0.25) is 10.0 Å². The van der Waals surface area contributed by atoms with Crippen LogP contribution in [0.25, 0.3) is 11.1 Å². The smallest absolute Gasteiger partial charge is 0.416 e. The summed E-state index contributed by atoms with van der Waals surface area (Å²) in [4.78, 5) is 25.1. The lowest BCUT2D eigenvalue weighted by atomic mass is 9.98. The minimum Gasteiger partial charge on any atom is -0.449 e. The maximum atomic E-state index is 12.8. The average Bonchev–Trinajstić information content (AvgIpc) is 2.75. The summed E-state index contributed by atoms with van der Waals surface area (Å²) < 4.78 is 43.7. The number of carbonyl (C=O) groups excluding carboxylic acids is 2. The third kappa shape index (κ3) is 5.60. The molecule has 1 amide bonds. The SMILES string of the molecule is C[C@H](OC(=O)c1ccccc1-c1ccc(C(F)(F)F)cc1)C(=O)Nc1ccc(Cl)cc1Cl. The van der Waals surface area contributed by atoms with Gasteiger partial charge in [-0.25, -0.2) is 4.79 Å². The van der Waals surface area contributed by atoms with Gasteiger partial charge in [-0.15, -0.1) is 0 Å². The minimum atomic E-state index is -4.47. The summed E-state index contributed by atoms with van der Waals surface area (Å²) in [6.07, 6.45) is -5.64. The molecule has 0 spiro atoms. The molecule has 9 heteroatoms. The summed E-state index contributed by atoms with van der Waals surface area (Å²) in [5.41, 5.74) is 0.383. The number of hydrogen-bond acceptors (Lipinski definition) is 3. The van der Waals surface area contributed by atoms with E-state index in [2.05, 4.69) is 5.32 Å². The van der Waals surface area contributed by atoms with Crippen LogP contribution in [0.15, 0.2) is 66.7 Å². The summed E-state index contributed by atoms with van der Waals surface area (Å²) in [6.45, 7) is 1.39. The summed E-state index contributed by atoms with van der Waals surface area (Å²) in [5, 5.41) is 3.16. The van der Waals surface area contributed by atoms with Crippen molar-refractivity contribution in [3.8, 4) is 11.1 Å². The fourth-order valence-electron chi connectivity index (χ4n) is 2.85. The lowest BCUT2D eigenvalue weighted by Crippen LogP contribution is -2.30. The molecule has 0 heterocycles. The van der Waals surface area contributed by atoms with E-state index in [1.807, 2.05) is 0 Å². The van der Waals surface area contributed by atoms with Gasteiger partial charge in [-0.3, -0.25) is 4.79 Å². The maximum Gasteiger partial charge on any atom is 0.416 e. The molecule has 0 saturated heterocycles. The fourth-order valence-corrected chi connectivity index (χ4v) is 3.31. The van der Waals surface area contributed by atoms with Gasteiger partial charge in [-0.05, 0) is 54.4 Å². The third-order valence-corrected chi connectivity index (χ3v) is 5.06. The molecule has 1 atom stereocenters. The zero-order valence-electron chi connectivity index (χ0n) is 16.5. The standard InChI is InChI=1S/C23H16Cl2F3NO3/c1-13(21(30)29-20-11-10-16(24)12-19(20)25)32-22(31)18-5-3-2-4-17(18)14-6-8-15(9-7-14)23(26,27)28/h2-13H,1H3,(H,29,30)/t13-/m0/s1. The zero-order valence-corrected chi connectivity index (χ0v) is 18.1. The van der Waals surface area contributed by atoms with Crippen molar-refractivity contribution in [2.75, 3.05) is 5.32 Å². The molecule has 3 aromatic carbocycles. The Labute approximate surface area is 191 Å². The predicted molar refractivity (Wildman–Crippen MR) is 117 cm³/mol. The quantitative estimate of drug-likeness (QED) is 0.404. The highest BCUT2D eigenvalue weighted by atomic mass is 35.5. The number of esters is 1. The van der Waals surface area contributed by atoms with E-state index in [9.17, 15) is 22.8 Å². The van der Waals surface area contributed by atoms with Gasteiger partial charge in [0.25, 0.3) is 5.91 Å². The number of anilines is 1. The van der Waals surface area contributed by atoms with E-state index in [1.54, 1.807) is 24.3 Å². The second-order valence-corrected chi connectivity index (χ2v) is 7.63. The third-order valence-electron chi connectivity index (χ3n) is 4.51. The second kappa shape index (κ2) is 9.63. The molecular weight excluding hydrogens is 466 g/mol. The number of carbonyl (C=O) groups is 2. The van der Waals surface area contributed by atoms with E-state index in [0.717, 1.165) is 12.1 Å². The van der Waals surface area contributed by atoms with Gasteiger partial charge in [0.2, 0.25) is 0 Å². The fraction of sp³-hybridized carbons (Fsp3) is 0.130. The Kier molecular flexibility index (Phi) is 7.11. The van der Waals surface area contributed by atoms with Crippen LogP contribution in [-0.2, 0) is 15.7 Å². The Hall–Kier alpha value is -3.03. The van der Waals surface area contributed by atoms with Crippen LogP contribution >= 0.6 is 23.2 Å². The van der Waals surface area contributed by atoms with Crippen molar-refractivity contribution >= 4 is 40.8 Å². The van der Waals surface area contributed by atoms with E-state index in [0.29, 0.717) is 21.8 Å². The highest BCUT2D eigenvalue weighted by molar-refractivity contribution is 6.36. The Morgan fingerprint density at radius 3 is 2.25 bits per heavy atom. The first-order chi connectivity index (χ1) is 15.1. The summed E-state index contributed by atoms with van der Waals surface area (Å²) in [5.74, 6) is -1.42. The van der Waals surface area contributed by atoms with Gasteiger partial charge in [0.15, 0.2) is 6.10 Å². The molecule has 0 radical (unpaired) electrons. The van der Waals surface area contributed by atoms with Crippen molar-refractivity contribution in [2.45, 2.75) is 19.2 Å². The molecule has 0 fully saturated rings. The summed E-state index contributed by atoms with van der Waals surface area (Å²) in [7, 11) is 0. The molecule has 166 valence electrons. The van der Waals surface area contributed by atoms with Crippen molar-refractivity contribution in [1.29, 1.82) is 0 Å². The number of nitrogens with one attached hydrogen (secondary N) is 1. The van der Waals surface area contributed by atoms with E-state index in [1.165, 1.54) is 37.3 Å².